The summed E-state index contributed by atoms with van der Waals surface area (Å²) in [7, 11) is 2.92. The first-order chi connectivity index (χ1) is 7.76. The van der Waals surface area contributed by atoms with Crippen LogP contribution in [-0.4, -0.2) is 25.2 Å². The van der Waals surface area contributed by atoms with Gasteiger partial charge in [0.15, 0.2) is 5.69 Å². The average molecular weight is 217 g/mol. The Balaban J connectivity index is 2.68. The van der Waals surface area contributed by atoms with E-state index in [4.69, 9.17) is 4.74 Å². The molecule has 0 saturated heterocycles. The highest BCUT2D eigenvalue weighted by Gasteiger charge is 2.12. The zero-order valence-electron chi connectivity index (χ0n) is 9.06. The maximum absolute atomic E-state index is 11.5. The molecule has 0 aliphatic carbocycles. The number of carbonyl (C=O) groups excluding carboxylic acids is 1. The average Bonchev–Trinajstić information content (AvgIpc) is 2.36. The number of pyridine rings is 1. The van der Waals surface area contributed by atoms with Crippen molar-refractivity contribution in [1.82, 2.24) is 4.98 Å². The van der Waals surface area contributed by atoms with Crippen LogP contribution in [0.4, 0.5) is 0 Å². The van der Waals surface area contributed by atoms with Crippen LogP contribution < -0.4 is 4.74 Å². The molecule has 0 amide bonds. The first-order valence-corrected chi connectivity index (χ1v) is 4.77. The number of aromatic nitrogens is 1. The fraction of sp³-hybridized carbons (Fsp3) is 0.167. The van der Waals surface area contributed by atoms with E-state index >= 15 is 0 Å². The maximum Gasteiger partial charge on any atom is 0.357 e. The number of hydrogen-bond donors (Lipinski definition) is 0. The Labute approximate surface area is 92.8 Å². The zero-order valence-corrected chi connectivity index (χ0v) is 9.06. The number of nitrogens with zero attached hydrogens (tertiary/aromatic N) is 1. The van der Waals surface area contributed by atoms with Gasteiger partial charge in [-0.1, -0.05) is 6.07 Å². The Hall–Kier alpha value is -2.10. The third-order valence-corrected chi connectivity index (χ3v) is 2.35. The third kappa shape index (κ3) is 1.69. The number of rotatable bonds is 2. The van der Waals surface area contributed by atoms with E-state index in [0.717, 1.165) is 10.8 Å². The van der Waals surface area contributed by atoms with Crippen molar-refractivity contribution in [2.75, 3.05) is 14.2 Å². The van der Waals surface area contributed by atoms with Gasteiger partial charge < -0.3 is 9.47 Å². The highest BCUT2D eigenvalue weighted by atomic mass is 16.5. The van der Waals surface area contributed by atoms with Gasteiger partial charge in [0.1, 0.15) is 5.75 Å². The second-order valence-corrected chi connectivity index (χ2v) is 3.24. The second kappa shape index (κ2) is 4.18. The highest BCUT2D eigenvalue weighted by Crippen LogP contribution is 2.22. The van der Waals surface area contributed by atoms with Crippen LogP contribution in [0.3, 0.4) is 0 Å². The molecule has 0 spiro atoms. The van der Waals surface area contributed by atoms with Gasteiger partial charge in [-0.3, -0.25) is 0 Å². The molecule has 0 unspecified atom stereocenters. The molecule has 4 nitrogen and oxygen atoms in total. The van der Waals surface area contributed by atoms with Crippen LogP contribution in [0.15, 0.2) is 30.5 Å². The summed E-state index contributed by atoms with van der Waals surface area (Å²) in [6, 6.07) is 7.32. The van der Waals surface area contributed by atoms with E-state index < -0.39 is 5.97 Å². The molecule has 0 aliphatic heterocycles. The minimum absolute atomic E-state index is 0.305. The van der Waals surface area contributed by atoms with Crippen molar-refractivity contribution in [3.05, 3.63) is 36.2 Å². The molecule has 0 N–H and O–H groups in total. The van der Waals surface area contributed by atoms with Crippen molar-refractivity contribution in [2.45, 2.75) is 0 Å². The van der Waals surface area contributed by atoms with Crippen LogP contribution in [-0.2, 0) is 4.74 Å². The lowest BCUT2D eigenvalue weighted by molar-refractivity contribution is 0.0596. The molecule has 82 valence electrons. The number of hydrogen-bond acceptors (Lipinski definition) is 4. The van der Waals surface area contributed by atoms with Crippen molar-refractivity contribution < 1.29 is 14.3 Å². The molecule has 0 radical (unpaired) electrons. The molecule has 0 aliphatic rings. The summed E-state index contributed by atoms with van der Waals surface area (Å²) in [6.45, 7) is 0. The van der Waals surface area contributed by atoms with Gasteiger partial charge in [0.05, 0.1) is 14.2 Å². The van der Waals surface area contributed by atoms with E-state index in [9.17, 15) is 4.79 Å². The second-order valence-electron chi connectivity index (χ2n) is 3.24. The number of methoxy groups -OCH3 is 2. The fourth-order valence-electron chi connectivity index (χ4n) is 1.53. The monoisotopic (exact) mass is 217 g/mol. The predicted octanol–water partition coefficient (Wildman–Crippen LogP) is 2.03. The largest absolute Gasteiger partial charge is 0.497 e. The summed E-state index contributed by atoms with van der Waals surface area (Å²) in [4.78, 5) is 15.5. The van der Waals surface area contributed by atoms with Crippen LogP contribution in [0.25, 0.3) is 10.8 Å². The number of ether oxygens (including phenoxy) is 2. The molecule has 16 heavy (non-hydrogen) atoms. The van der Waals surface area contributed by atoms with Crippen molar-refractivity contribution in [1.29, 1.82) is 0 Å². The standard InChI is InChI=1S/C12H11NO3/c1-15-9-4-3-8-5-6-13-11(10(8)7-9)12(14)16-2/h3-7H,1-2H3. The van der Waals surface area contributed by atoms with Gasteiger partial charge >= 0.3 is 5.97 Å². The summed E-state index contributed by atoms with van der Waals surface area (Å²) in [5.74, 6) is 0.240. The van der Waals surface area contributed by atoms with E-state index in [0.29, 0.717) is 11.4 Å². The lowest BCUT2D eigenvalue weighted by atomic mass is 10.1. The molecule has 2 aromatic rings. The number of esters is 1. The zero-order chi connectivity index (χ0) is 11.5. The van der Waals surface area contributed by atoms with Crippen molar-refractivity contribution in [3.8, 4) is 5.75 Å². The molecule has 1 aromatic carbocycles. The Morgan fingerprint density at radius 1 is 1.25 bits per heavy atom. The smallest absolute Gasteiger partial charge is 0.357 e. The summed E-state index contributed by atoms with van der Waals surface area (Å²) in [5, 5.41) is 1.66. The van der Waals surface area contributed by atoms with E-state index in [-0.39, 0.29) is 0 Å². The van der Waals surface area contributed by atoms with Gasteiger partial charge in [-0.15, -0.1) is 0 Å². The van der Waals surface area contributed by atoms with Gasteiger partial charge in [-0.25, -0.2) is 9.78 Å². The van der Waals surface area contributed by atoms with Gasteiger partial charge in [-0.05, 0) is 23.6 Å². The highest BCUT2D eigenvalue weighted by molar-refractivity contribution is 6.02. The first-order valence-electron chi connectivity index (χ1n) is 4.77. The van der Waals surface area contributed by atoms with Gasteiger partial charge in [-0.2, -0.15) is 0 Å². The normalized spacial score (nSPS) is 10.1. The molecule has 4 heteroatoms. The topological polar surface area (TPSA) is 48.4 Å². The van der Waals surface area contributed by atoms with E-state index in [2.05, 4.69) is 9.72 Å². The van der Waals surface area contributed by atoms with Gasteiger partial charge in [0.25, 0.3) is 0 Å². The fourth-order valence-corrected chi connectivity index (χ4v) is 1.53. The lowest BCUT2D eigenvalue weighted by Crippen LogP contribution is -2.04. The summed E-state index contributed by atoms with van der Waals surface area (Å²) < 4.78 is 9.79. The lowest BCUT2D eigenvalue weighted by Gasteiger charge is -2.05. The molecule has 1 heterocycles. The number of fused-ring (bicyclic) bond motifs is 1. The molecule has 0 bridgehead atoms. The third-order valence-electron chi connectivity index (χ3n) is 2.35. The molecule has 0 saturated carbocycles. The minimum atomic E-state index is -0.446. The number of carbonyl (C=O) groups is 1. The van der Waals surface area contributed by atoms with E-state index in [1.54, 1.807) is 19.4 Å². The van der Waals surface area contributed by atoms with Crippen molar-refractivity contribution in [3.63, 3.8) is 0 Å². The summed E-state index contributed by atoms with van der Waals surface area (Å²) in [6.07, 6.45) is 1.58. The minimum Gasteiger partial charge on any atom is -0.497 e. The Bertz CT molecular complexity index is 537. The first kappa shape index (κ1) is 10.4. The SMILES string of the molecule is COC(=O)c1nccc2ccc(OC)cc12. The van der Waals surface area contributed by atoms with Crippen LogP contribution in [0.2, 0.25) is 0 Å². The van der Waals surface area contributed by atoms with Crippen LogP contribution in [0.1, 0.15) is 10.5 Å². The molecule has 0 atom stereocenters. The maximum atomic E-state index is 11.5. The van der Waals surface area contributed by atoms with E-state index in [1.165, 1.54) is 7.11 Å². The molecule has 1 aromatic heterocycles. The number of benzene rings is 1. The van der Waals surface area contributed by atoms with Crippen LogP contribution >= 0.6 is 0 Å². The molecular weight excluding hydrogens is 206 g/mol. The molecular formula is C12H11NO3. The summed E-state index contributed by atoms with van der Waals surface area (Å²) in [5.41, 5.74) is 0.305. The predicted molar refractivity (Wildman–Crippen MR) is 59.6 cm³/mol. The van der Waals surface area contributed by atoms with Crippen molar-refractivity contribution >= 4 is 16.7 Å². The van der Waals surface area contributed by atoms with E-state index in [1.807, 2.05) is 18.2 Å². The Kier molecular flexibility index (Phi) is 2.72. The molecule has 2 rings (SSSR count). The van der Waals surface area contributed by atoms with Crippen molar-refractivity contribution in [2.24, 2.45) is 0 Å². The van der Waals surface area contributed by atoms with Gasteiger partial charge in [0.2, 0.25) is 0 Å². The van der Waals surface area contributed by atoms with Gasteiger partial charge in [0, 0.05) is 11.6 Å². The quantitative estimate of drug-likeness (QED) is 0.722. The Morgan fingerprint density at radius 3 is 2.75 bits per heavy atom. The Morgan fingerprint density at radius 2 is 2.06 bits per heavy atom. The van der Waals surface area contributed by atoms with Crippen LogP contribution in [0, 0.1) is 0 Å². The summed E-state index contributed by atoms with van der Waals surface area (Å²) >= 11 is 0. The van der Waals surface area contributed by atoms with Crippen LogP contribution in [0.5, 0.6) is 5.75 Å². The molecule has 0 fully saturated rings.